The van der Waals surface area contributed by atoms with E-state index in [0.717, 1.165) is 20.9 Å². The number of non-ortho nitro benzene ring substituents is 1. The molecule has 2 N–H and O–H groups in total. The molecule has 0 aromatic heterocycles. The van der Waals surface area contributed by atoms with Crippen LogP contribution in [-0.4, -0.2) is 38.7 Å². The Kier molecular flexibility index (Phi) is 7.53. The lowest BCUT2D eigenvalue weighted by atomic mass is 9.49. The Hall–Kier alpha value is -6.62. The Morgan fingerprint density at radius 1 is 0.796 bits per heavy atom. The zero-order valence-electron chi connectivity index (χ0n) is 29.1. The first-order chi connectivity index (χ1) is 26.1. The smallest absolute Gasteiger partial charge is 0.269 e. The van der Waals surface area contributed by atoms with E-state index in [-0.39, 0.29) is 30.0 Å². The molecule has 9 rings (SSSR count). The zero-order valence-corrected chi connectivity index (χ0v) is 29.1. The topological polar surface area (TPSA) is 150 Å². The summed E-state index contributed by atoms with van der Waals surface area (Å²) in [5.41, 5.74) is 4.92. The molecule has 11 heteroatoms. The summed E-state index contributed by atoms with van der Waals surface area (Å²) in [5.74, 6) is -6.00. The fourth-order valence-corrected chi connectivity index (χ4v) is 9.57. The maximum Gasteiger partial charge on any atom is 0.269 e. The Labute approximate surface area is 309 Å². The van der Waals surface area contributed by atoms with Crippen molar-refractivity contribution in [3.63, 3.8) is 0 Å². The molecule has 0 unspecified atom stereocenters. The first-order valence-corrected chi connectivity index (χ1v) is 17.9. The molecule has 5 aromatic carbocycles. The minimum Gasteiger partial charge on any atom is -0.507 e. The highest BCUT2D eigenvalue weighted by atomic mass is 16.6. The predicted octanol–water partition coefficient (Wildman–Crippen LogP) is 6.95. The van der Waals surface area contributed by atoms with Gasteiger partial charge >= 0.3 is 0 Å². The van der Waals surface area contributed by atoms with Gasteiger partial charge in [-0.3, -0.25) is 39.6 Å². The summed E-state index contributed by atoms with van der Waals surface area (Å²) in [6.07, 6.45) is 2.22. The molecule has 4 amide bonds. The third kappa shape index (κ3) is 4.67. The predicted molar refractivity (Wildman–Crippen MR) is 200 cm³/mol. The summed E-state index contributed by atoms with van der Waals surface area (Å²) in [6.45, 7) is 1.94. The number of hydrogen-bond donors (Lipinski definition) is 2. The van der Waals surface area contributed by atoms with Gasteiger partial charge in [0.25, 0.3) is 17.5 Å². The van der Waals surface area contributed by atoms with Gasteiger partial charge in [0.1, 0.15) is 5.75 Å². The van der Waals surface area contributed by atoms with Crippen LogP contribution < -0.4 is 10.3 Å². The highest BCUT2D eigenvalue weighted by molar-refractivity contribution is 6.22. The normalized spacial score (nSPS) is 26.0. The van der Waals surface area contributed by atoms with E-state index in [1.54, 1.807) is 24.3 Å². The molecule has 268 valence electrons. The van der Waals surface area contributed by atoms with Gasteiger partial charge in [0.2, 0.25) is 11.8 Å². The zero-order chi connectivity index (χ0) is 37.5. The van der Waals surface area contributed by atoms with Gasteiger partial charge < -0.3 is 5.11 Å². The number of nitrogens with one attached hydrogen (secondary N) is 1. The lowest BCUT2D eigenvalue weighted by molar-refractivity contribution is -0.384. The Balaban J connectivity index is 1.24. The molecule has 0 radical (unpaired) electrons. The number of hydrogen-bond acceptors (Lipinski definition) is 8. The minimum atomic E-state index is -1.53. The molecule has 2 aliphatic heterocycles. The van der Waals surface area contributed by atoms with Gasteiger partial charge in [-0.05, 0) is 60.9 Å². The van der Waals surface area contributed by atoms with Crippen LogP contribution in [0.2, 0.25) is 0 Å². The van der Waals surface area contributed by atoms with E-state index in [1.165, 1.54) is 24.3 Å². The number of nitrogens with zero attached hydrogens (tertiary/aromatic N) is 3. The molecule has 0 spiro atoms. The largest absolute Gasteiger partial charge is 0.507 e. The van der Waals surface area contributed by atoms with E-state index in [9.17, 15) is 29.6 Å². The second kappa shape index (κ2) is 12.2. The second-order valence-corrected chi connectivity index (χ2v) is 14.6. The number of phenols is 1. The maximum absolute atomic E-state index is 15.4. The number of nitro benzene ring substituents is 1. The van der Waals surface area contributed by atoms with Gasteiger partial charge in [-0.2, -0.15) is 5.01 Å². The van der Waals surface area contributed by atoms with Crippen LogP contribution in [0.3, 0.4) is 0 Å². The number of fused-ring (bicyclic) bond motifs is 5. The number of phenolic OH excluding ortho intramolecular Hbond substituents is 1. The van der Waals surface area contributed by atoms with E-state index < -0.39 is 63.6 Å². The van der Waals surface area contributed by atoms with E-state index in [2.05, 4.69) is 5.43 Å². The first kappa shape index (κ1) is 33.2. The number of amides is 4. The number of imide groups is 2. The number of rotatable bonds is 6. The SMILES string of the molecule is Cc1ccc(NN2C(=O)[C@@H]3C[C@@H]4C(=CC[C@@H]5C(=O)N(c6ccc([N+](=O)[O-])cc6)C(=O)[C@@H]54)[C@H](c4ccc5ccccc5c4O)[C@]3(c3ccccc3)C2=O)cc1. The number of carbonyl (C=O) groups is 4. The Bertz CT molecular complexity index is 2450. The van der Waals surface area contributed by atoms with Crippen molar-refractivity contribution in [3.05, 3.63) is 154 Å². The minimum absolute atomic E-state index is 0.0256. The summed E-state index contributed by atoms with van der Waals surface area (Å²) in [6, 6.07) is 32.9. The third-order valence-electron chi connectivity index (χ3n) is 12.0. The van der Waals surface area contributed by atoms with Crippen LogP contribution in [0.25, 0.3) is 10.8 Å². The Morgan fingerprint density at radius 3 is 2.22 bits per heavy atom. The molecule has 6 atom stereocenters. The molecule has 0 bridgehead atoms. The van der Waals surface area contributed by atoms with Crippen molar-refractivity contribution in [2.24, 2.45) is 23.7 Å². The molecule has 2 heterocycles. The van der Waals surface area contributed by atoms with Crippen molar-refractivity contribution >= 4 is 51.5 Å². The number of aryl methyl sites for hydroxylation is 1. The number of benzene rings is 5. The molecular weight excluding hydrogens is 684 g/mol. The van der Waals surface area contributed by atoms with Gasteiger partial charge in [0.05, 0.1) is 39.5 Å². The number of aromatic hydroxyl groups is 1. The Morgan fingerprint density at radius 2 is 1.50 bits per heavy atom. The van der Waals surface area contributed by atoms with E-state index >= 15 is 4.79 Å². The maximum atomic E-state index is 15.4. The number of hydrazine groups is 1. The van der Waals surface area contributed by atoms with Crippen molar-refractivity contribution < 1.29 is 29.2 Å². The summed E-state index contributed by atoms with van der Waals surface area (Å²) in [5, 5.41) is 26.0. The van der Waals surface area contributed by atoms with Crippen LogP contribution in [0.4, 0.5) is 17.1 Å². The van der Waals surface area contributed by atoms with Crippen molar-refractivity contribution in [1.82, 2.24) is 5.01 Å². The lowest BCUT2D eigenvalue weighted by Crippen LogP contribution is -2.53. The quantitative estimate of drug-likeness (QED) is 0.0829. The molecule has 11 nitrogen and oxygen atoms in total. The summed E-state index contributed by atoms with van der Waals surface area (Å²) in [7, 11) is 0. The van der Waals surface area contributed by atoms with Crippen molar-refractivity contribution in [1.29, 1.82) is 0 Å². The molecule has 3 fully saturated rings. The molecular formula is C43H34N4O7. The van der Waals surface area contributed by atoms with E-state index in [1.807, 2.05) is 79.7 Å². The first-order valence-electron chi connectivity index (χ1n) is 17.9. The molecule has 2 aliphatic carbocycles. The molecule has 4 aliphatic rings. The van der Waals surface area contributed by atoms with E-state index in [0.29, 0.717) is 27.8 Å². The third-order valence-corrected chi connectivity index (χ3v) is 12.0. The molecule has 1 saturated carbocycles. The standard InChI is InChI=1S/C43H34N4O7/c1-24-11-14-27(15-12-24)44-46-40(50)35-23-34-31(21-22-32-36(34)41(51)45(39(32)49)28-16-18-29(19-17-28)47(53)54)37(43(35,42(46)52)26-8-3-2-4-9-26)33-20-13-25-7-5-6-10-30(25)38(33)48/h2-21,32,34-37,44,48H,22-23H2,1H3/t32-,34+,35-,36-,37+,43+/m0/s1. The molecule has 2 saturated heterocycles. The number of allylic oxidation sites excluding steroid dienone is 2. The fourth-order valence-electron chi connectivity index (χ4n) is 9.57. The summed E-state index contributed by atoms with van der Waals surface area (Å²) < 4.78 is 0. The fraction of sp³-hybridized carbons (Fsp3) is 0.209. The number of anilines is 2. The van der Waals surface area contributed by atoms with Gasteiger partial charge in [0.15, 0.2) is 0 Å². The number of carbonyl (C=O) groups excluding carboxylic acids is 4. The van der Waals surface area contributed by atoms with Gasteiger partial charge in [-0.25, -0.2) is 0 Å². The summed E-state index contributed by atoms with van der Waals surface area (Å²) >= 11 is 0. The van der Waals surface area contributed by atoms with Gasteiger partial charge in [-0.1, -0.05) is 96.1 Å². The van der Waals surface area contributed by atoms with Crippen LogP contribution in [0.5, 0.6) is 5.75 Å². The monoisotopic (exact) mass is 718 g/mol. The van der Waals surface area contributed by atoms with E-state index in [4.69, 9.17) is 0 Å². The van der Waals surface area contributed by atoms with Crippen LogP contribution >= 0.6 is 0 Å². The van der Waals surface area contributed by atoms with Crippen molar-refractivity contribution in [2.75, 3.05) is 10.3 Å². The average molecular weight is 719 g/mol. The second-order valence-electron chi connectivity index (χ2n) is 14.6. The highest BCUT2D eigenvalue weighted by Gasteiger charge is 2.70. The van der Waals surface area contributed by atoms with Crippen LogP contribution in [0, 0.1) is 40.7 Å². The number of nitro groups is 1. The van der Waals surface area contributed by atoms with Crippen molar-refractivity contribution in [3.8, 4) is 5.75 Å². The van der Waals surface area contributed by atoms with Gasteiger partial charge in [0, 0.05) is 29.0 Å². The lowest BCUT2D eigenvalue weighted by Gasteiger charge is -2.50. The molecule has 5 aromatic rings. The van der Waals surface area contributed by atoms with Crippen molar-refractivity contribution in [2.45, 2.75) is 31.1 Å². The van der Waals surface area contributed by atoms with Gasteiger partial charge in [-0.15, -0.1) is 0 Å². The van der Waals surface area contributed by atoms with Crippen LogP contribution in [0.1, 0.15) is 35.4 Å². The summed E-state index contributed by atoms with van der Waals surface area (Å²) in [4.78, 5) is 70.8. The molecule has 54 heavy (non-hydrogen) atoms. The average Bonchev–Trinajstić information content (AvgIpc) is 3.57. The van der Waals surface area contributed by atoms with Crippen LogP contribution in [-0.2, 0) is 24.6 Å². The highest BCUT2D eigenvalue weighted by Crippen LogP contribution is 2.65. The van der Waals surface area contributed by atoms with Crippen LogP contribution in [0.15, 0.2) is 127 Å².